The molecule has 0 fully saturated rings. The molecule has 4 heteroatoms. The van der Waals surface area contributed by atoms with E-state index in [2.05, 4.69) is 4.98 Å². The van der Waals surface area contributed by atoms with Gasteiger partial charge in [-0.15, -0.1) is 0 Å². The standard InChI is InChI=1S/C18H16N2O2/c21-18(22)17-19-16(11-14-7-3-1-4-8-14)13-20(17)12-15-9-5-2-6-10-15/h1-10,13H,11-12H2,(H,21,22). The highest BCUT2D eigenvalue weighted by Crippen LogP contribution is 2.12. The van der Waals surface area contributed by atoms with Gasteiger partial charge in [0.25, 0.3) is 0 Å². The maximum absolute atomic E-state index is 11.4. The quantitative estimate of drug-likeness (QED) is 0.785. The molecule has 1 heterocycles. The number of rotatable bonds is 5. The largest absolute Gasteiger partial charge is 0.475 e. The Morgan fingerprint density at radius 3 is 2.14 bits per heavy atom. The first kappa shape index (κ1) is 14.1. The molecule has 4 nitrogen and oxygen atoms in total. The summed E-state index contributed by atoms with van der Waals surface area (Å²) in [5.41, 5.74) is 2.93. The predicted molar refractivity (Wildman–Crippen MR) is 84.0 cm³/mol. The van der Waals surface area contributed by atoms with E-state index in [1.54, 1.807) is 4.57 Å². The van der Waals surface area contributed by atoms with Gasteiger partial charge in [0, 0.05) is 19.2 Å². The van der Waals surface area contributed by atoms with Gasteiger partial charge < -0.3 is 9.67 Å². The minimum atomic E-state index is -1.00. The number of carbonyl (C=O) groups is 1. The zero-order valence-electron chi connectivity index (χ0n) is 12.0. The van der Waals surface area contributed by atoms with Gasteiger partial charge in [0.05, 0.1) is 5.69 Å². The molecule has 3 rings (SSSR count). The van der Waals surface area contributed by atoms with E-state index in [9.17, 15) is 9.90 Å². The second kappa shape index (κ2) is 6.26. The molecule has 0 saturated carbocycles. The van der Waals surface area contributed by atoms with Crippen LogP contribution in [0.4, 0.5) is 0 Å². The van der Waals surface area contributed by atoms with E-state index >= 15 is 0 Å². The molecular formula is C18H16N2O2. The first-order valence-corrected chi connectivity index (χ1v) is 7.09. The summed E-state index contributed by atoms with van der Waals surface area (Å²) in [6.07, 6.45) is 2.45. The fourth-order valence-corrected chi connectivity index (χ4v) is 2.43. The second-order valence-corrected chi connectivity index (χ2v) is 5.14. The Bertz CT molecular complexity index is 764. The maximum atomic E-state index is 11.4. The van der Waals surface area contributed by atoms with Crippen LogP contribution < -0.4 is 0 Å². The summed E-state index contributed by atoms with van der Waals surface area (Å²) in [6.45, 7) is 0.504. The molecular weight excluding hydrogens is 276 g/mol. The zero-order valence-corrected chi connectivity index (χ0v) is 12.0. The number of hydrogen-bond acceptors (Lipinski definition) is 2. The highest BCUT2D eigenvalue weighted by molar-refractivity contribution is 5.83. The highest BCUT2D eigenvalue weighted by Gasteiger charge is 2.15. The summed E-state index contributed by atoms with van der Waals surface area (Å²) >= 11 is 0. The van der Waals surface area contributed by atoms with Gasteiger partial charge in [0.15, 0.2) is 0 Å². The third-order valence-corrected chi connectivity index (χ3v) is 3.44. The molecule has 0 unspecified atom stereocenters. The van der Waals surface area contributed by atoms with Crippen molar-refractivity contribution >= 4 is 5.97 Å². The molecule has 0 atom stereocenters. The Labute approximate surface area is 128 Å². The Morgan fingerprint density at radius 2 is 1.55 bits per heavy atom. The van der Waals surface area contributed by atoms with Crippen molar-refractivity contribution in [2.75, 3.05) is 0 Å². The summed E-state index contributed by atoms with van der Waals surface area (Å²) in [6, 6.07) is 19.7. The first-order valence-electron chi connectivity index (χ1n) is 7.09. The normalized spacial score (nSPS) is 10.5. The molecule has 0 aliphatic carbocycles. The molecule has 1 aromatic heterocycles. The van der Waals surface area contributed by atoms with Crippen molar-refractivity contribution in [2.24, 2.45) is 0 Å². The van der Waals surface area contributed by atoms with Gasteiger partial charge in [-0.2, -0.15) is 0 Å². The van der Waals surface area contributed by atoms with Gasteiger partial charge in [-0.05, 0) is 11.1 Å². The number of aromatic nitrogens is 2. The van der Waals surface area contributed by atoms with E-state index in [4.69, 9.17) is 0 Å². The van der Waals surface area contributed by atoms with Crippen molar-refractivity contribution in [3.8, 4) is 0 Å². The second-order valence-electron chi connectivity index (χ2n) is 5.14. The average molecular weight is 292 g/mol. The topological polar surface area (TPSA) is 55.1 Å². The lowest BCUT2D eigenvalue weighted by Crippen LogP contribution is -2.09. The number of nitrogens with zero attached hydrogens (tertiary/aromatic N) is 2. The number of benzene rings is 2. The molecule has 0 aliphatic heterocycles. The van der Waals surface area contributed by atoms with Crippen molar-refractivity contribution in [3.63, 3.8) is 0 Å². The lowest BCUT2D eigenvalue weighted by molar-refractivity contribution is 0.0678. The van der Waals surface area contributed by atoms with Crippen LogP contribution in [0.3, 0.4) is 0 Å². The smallest absolute Gasteiger partial charge is 0.372 e. The van der Waals surface area contributed by atoms with Crippen molar-refractivity contribution in [2.45, 2.75) is 13.0 Å². The van der Waals surface area contributed by atoms with Crippen molar-refractivity contribution in [1.29, 1.82) is 0 Å². The molecule has 0 bridgehead atoms. The van der Waals surface area contributed by atoms with Crippen molar-refractivity contribution in [3.05, 3.63) is 89.5 Å². The van der Waals surface area contributed by atoms with Crippen LogP contribution in [0.25, 0.3) is 0 Å². The summed E-state index contributed by atoms with van der Waals surface area (Å²) < 4.78 is 1.69. The number of imidazole rings is 1. The summed E-state index contributed by atoms with van der Waals surface area (Å²) in [4.78, 5) is 15.7. The van der Waals surface area contributed by atoms with E-state index in [0.29, 0.717) is 13.0 Å². The van der Waals surface area contributed by atoms with Crippen LogP contribution in [0.2, 0.25) is 0 Å². The first-order chi connectivity index (χ1) is 10.7. The van der Waals surface area contributed by atoms with Crippen LogP contribution in [0.15, 0.2) is 66.9 Å². The fourth-order valence-electron chi connectivity index (χ4n) is 2.43. The molecule has 0 spiro atoms. The van der Waals surface area contributed by atoms with Crippen LogP contribution in [0.5, 0.6) is 0 Å². The molecule has 0 saturated heterocycles. The summed E-state index contributed by atoms with van der Waals surface area (Å²) in [5, 5.41) is 9.34. The third kappa shape index (κ3) is 3.23. The van der Waals surface area contributed by atoms with E-state index in [1.807, 2.05) is 66.9 Å². The molecule has 0 radical (unpaired) electrons. The zero-order chi connectivity index (χ0) is 15.4. The number of carboxylic acid groups (broad SMARTS) is 1. The minimum absolute atomic E-state index is 0.0785. The molecule has 22 heavy (non-hydrogen) atoms. The average Bonchev–Trinajstić information content (AvgIpc) is 2.92. The molecule has 2 aromatic carbocycles. The molecule has 3 aromatic rings. The number of hydrogen-bond donors (Lipinski definition) is 1. The molecule has 110 valence electrons. The van der Waals surface area contributed by atoms with Crippen LogP contribution in [-0.4, -0.2) is 20.6 Å². The fraction of sp³-hybridized carbons (Fsp3) is 0.111. The van der Waals surface area contributed by atoms with Gasteiger partial charge in [0.1, 0.15) is 0 Å². The highest BCUT2D eigenvalue weighted by atomic mass is 16.4. The number of aromatic carboxylic acids is 1. The molecule has 0 aliphatic rings. The van der Waals surface area contributed by atoms with Crippen LogP contribution in [0.1, 0.15) is 27.4 Å². The van der Waals surface area contributed by atoms with Gasteiger partial charge >= 0.3 is 5.97 Å². The van der Waals surface area contributed by atoms with Crippen molar-refractivity contribution in [1.82, 2.24) is 9.55 Å². The lowest BCUT2D eigenvalue weighted by atomic mass is 10.1. The van der Waals surface area contributed by atoms with E-state index in [-0.39, 0.29) is 5.82 Å². The van der Waals surface area contributed by atoms with Crippen LogP contribution in [-0.2, 0) is 13.0 Å². The minimum Gasteiger partial charge on any atom is -0.475 e. The van der Waals surface area contributed by atoms with E-state index in [0.717, 1.165) is 16.8 Å². The van der Waals surface area contributed by atoms with E-state index in [1.165, 1.54) is 0 Å². The number of carboxylic acids is 1. The van der Waals surface area contributed by atoms with Gasteiger partial charge in [-0.1, -0.05) is 60.7 Å². The summed E-state index contributed by atoms with van der Waals surface area (Å²) in [7, 11) is 0. The lowest BCUT2D eigenvalue weighted by Gasteiger charge is -2.04. The monoisotopic (exact) mass is 292 g/mol. The summed E-state index contributed by atoms with van der Waals surface area (Å²) in [5.74, 6) is -0.926. The van der Waals surface area contributed by atoms with Gasteiger partial charge in [-0.3, -0.25) is 0 Å². The molecule has 1 N–H and O–H groups in total. The molecule has 0 amide bonds. The Balaban J connectivity index is 1.87. The van der Waals surface area contributed by atoms with Gasteiger partial charge in [-0.25, -0.2) is 9.78 Å². The van der Waals surface area contributed by atoms with Crippen LogP contribution in [0, 0.1) is 0 Å². The predicted octanol–water partition coefficient (Wildman–Crippen LogP) is 3.22. The SMILES string of the molecule is O=C(O)c1nc(Cc2ccccc2)cn1Cc1ccccc1. The Kier molecular flexibility index (Phi) is 4.01. The van der Waals surface area contributed by atoms with E-state index < -0.39 is 5.97 Å². The van der Waals surface area contributed by atoms with Gasteiger partial charge in [0.2, 0.25) is 5.82 Å². The van der Waals surface area contributed by atoms with Crippen molar-refractivity contribution < 1.29 is 9.90 Å². The third-order valence-electron chi connectivity index (χ3n) is 3.44. The Morgan fingerprint density at radius 1 is 0.955 bits per heavy atom. The van der Waals surface area contributed by atoms with Crippen LogP contribution >= 0.6 is 0 Å². The maximum Gasteiger partial charge on any atom is 0.372 e. The Hall–Kier alpha value is -2.88.